The van der Waals surface area contributed by atoms with Crippen LogP contribution in [-0.4, -0.2) is 34.0 Å². The minimum Gasteiger partial charge on any atom is -0.469 e. The molecule has 1 amide bonds. The summed E-state index contributed by atoms with van der Waals surface area (Å²) in [6.45, 7) is 4.85. The number of nitrogens with zero attached hydrogens (tertiary/aromatic N) is 3. The zero-order chi connectivity index (χ0) is 14.8. The van der Waals surface area contributed by atoms with E-state index in [0.717, 1.165) is 12.2 Å². The molecule has 0 saturated heterocycles. The third-order valence-corrected chi connectivity index (χ3v) is 3.93. The Bertz CT molecular complexity index is 605. The molecular weight excluding hydrogens is 270 g/mol. The standard InChI is InChI=1S/C15H19N3O3/c1-3-18(10(2)19)7-6-14-16-15(21-17-14)12-9-11(12)13-5-4-8-20-13/h4-5,8,11-12H,3,6-7,9H2,1-2H3/t11-,12+/m0/s1. The lowest BCUT2D eigenvalue weighted by molar-refractivity contribution is -0.128. The molecule has 2 aromatic rings. The first-order chi connectivity index (χ1) is 10.2. The number of amides is 1. The number of furan rings is 1. The molecule has 1 fully saturated rings. The van der Waals surface area contributed by atoms with E-state index < -0.39 is 0 Å². The van der Waals surface area contributed by atoms with Gasteiger partial charge in [0.1, 0.15) is 5.76 Å². The Kier molecular flexibility index (Phi) is 3.77. The van der Waals surface area contributed by atoms with Gasteiger partial charge < -0.3 is 13.8 Å². The topological polar surface area (TPSA) is 72.4 Å². The van der Waals surface area contributed by atoms with Gasteiger partial charge in [-0.25, -0.2) is 0 Å². The Balaban J connectivity index is 1.56. The molecule has 0 aliphatic heterocycles. The van der Waals surface area contributed by atoms with Crippen LogP contribution in [0, 0.1) is 0 Å². The zero-order valence-corrected chi connectivity index (χ0v) is 12.3. The van der Waals surface area contributed by atoms with Crippen molar-refractivity contribution in [2.45, 2.75) is 38.5 Å². The van der Waals surface area contributed by atoms with E-state index >= 15 is 0 Å². The molecule has 0 radical (unpaired) electrons. The van der Waals surface area contributed by atoms with E-state index in [4.69, 9.17) is 8.94 Å². The van der Waals surface area contributed by atoms with Crippen molar-refractivity contribution in [1.29, 1.82) is 0 Å². The van der Waals surface area contributed by atoms with Crippen molar-refractivity contribution < 1.29 is 13.7 Å². The molecule has 1 aliphatic rings. The number of rotatable bonds is 6. The number of hydrogen-bond acceptors (Lipinski definition) is 5. The average Bonchev–Trinajstić information content (AvgIpc) is 2.92. The van der Waals surface area contributed by atoms with Crippen LogP contribution in [0.3, 0.4) is 0 Å². The third kappa shape index (κ3) is 2.99. The minimum absolute atomic E-state index is 0.0706. The second-order valence-electron chi connectivity index (χ2n) is 5.36. The quantitative estimate of drug-likeness (QED) is 0.816. The Morgan fingerprint density at radius 1 is 1.48 bits per heavy atom. The summed E-state index contributed by atoms with van der Waals surface area (Å²) in [5.74, 6) is 3.02. The van der Waals surface area contributed by atoms with Gasteiger partial charge in [-0.05, 0) is 25.5 Å². The monoisotopic (exact) mass is 289 g/mol. The predicted molar refractivity (Wildman–Crippen MR) is 74.7 cm³/mol. The van der Waals surface area contributed by atoms with Gasteiger partial charge in [0.05, 0.1) is 6.26 Å². The fraction of sp³-hybridized carbons (Fsp3) is 0.533. The van der Waals surface area contributed by atoms with Crippen LogP contribution in [0.2, 0.25) is 0 Å². The lowest BCUT2D eigenvalue weighted by atomic mass is 10.2. The molecule has 0 spiro atoms. The van der Waals surface area contributed by atoms with Crippen LogP contribution in [0.4, 0.5) is 0 Å². The Hall–Kier alpha value is -2.11. The first kappa shape index (κ1) is 13.9. The maximum Gasteiger partial charge on any atom is 0.230 e. The minimum atomic E-state index is 0.0706. The number of carbonyl (C=O) groups excluding carboxylic acids is 1. The SMILES string of the molecule is CCN(CCc1noc([C@@H]2C[C@@H]2c2ccco2)n1)C(C)=O. The molecule has 2 heterocycles. The van der Waals surface area contributed by atoms with Crippen molar-refractivity contribution in [1.82, 2.24) is 15.0 Å². The van der Waals surface area contributed by atoms with Crippen LogP contribution < -0.4 is 0 Å². The molecule has 1 saturated carbocycles. The maximum absolute atomic E-state index is 11.3. The van der Waals surface area contributed by atoms with Gasteiger partial charge in [-0.3, -0.25) is 4.79 Å². The summed E-state index contributed by atoms with van der Waals surface area (Å²) in [5.41, 5.74) is 0. The fourth-order valence-corrected chi connectivity index (χ4v) is 2.58. The molecule has 3 rings (SSSR count). The molecule has 6 heteroatoms. The highest BCUT2D eigenvalue weighted by Crippen LogP contribution is 2.54. The second-order valence-corrected chi connectivity index (χ2v) is 5.36. The molecule has 0 unspecified atom stereocenters. The van der Waals surface area contributed by atoms with Crippen LogP contribution in [0.5, 0.6) is 0 Å². The smallest absolute Gasteiger partial charge is 0.230 e. The summed E-state index contributed by atoms with van der Waals surface area (Å²) in [7, 11) is 0. The van der Waals surface area contributed by atoms with Gasteiger partial charge in [0.25, 0.3) is 0 Å². The third-order valence-electron chi connectivity index (χ3n) is 3.93. The van der Waals surface area contributed by atoms with Crippen molar-refractivity contribution in [3.63, 3.8) is 0 Å². The van der Waals surface area contributed by atoms with Crippen LogP contribution in [-0.2, 0) is 11.2 Å². The van der Waals surface area contributed by atoms with E-state index in [0.29, 0.717) is 37.1 Å². The van der Waals surface area contributed by atoms with Crippen LogP contribution >= 0.6 is 0 Å². The Morgan fingerprint density at radius 2 is 2.33 bits per heavy atom. The van der Waals surface area contributed by atoms with Crippen LogP contribution in [0.15, 0.2) is 27.3 Å². The van der Waals surface area contributed by atoms with Crippen molar-refractivity contribution in [3.05, 3.63) is 35.9 Å². The molecule has 112 valence electrons. The van der Waals surface area contributed by atoms with Gasteiger partial charge in [0.2, 0.25) is 11.8 Å². The Morgan fingerprint density at radius 3 is 3.00 bits per heavy atom. The van der Waals surface area contributed by atoms with Crippen LogP contribution in [0.1, 0.15) is 49.6 Å². The number of aromatic nitrogens is 2. The molecule has 6 nitrogen and oxygen atoms in total. The van der Waals surface area contributed by atoms with E-state index in [9.17, 15) is 4.79 Å². The van der Waals surface area contributed by atoms with Gasteiger partial charge >= 0.3 is 0 Å². The zero-order valence-electron chi connectivity index (χ0n) is 12.3. The van der Waals surface area contributed by atoms with Gasteiger partial charge in [-0.1, -0.05) is 5.16 Å². The predicted octanol–water partition coefficient (Wildman–Crippen LogP) is 2.34. The van der Waals surface area contributed by atoms with Crippen molar-refractivity contribution in [3.8, 4) is 0 Å². The Labute approximate surface area is 123 Å². The van der Waals surface area contributed by atoms with E-state index in [1.165, 1.54) is 0 Å². The number of likely N-dealkylation sites (N-methyl/N-ethyl adjacent to an activating group) is 1. The molecule has 0 bridgehead atoms. The molecular formula is C15H19N3O3. The normalized spacial score (nSPS) is 20.5. The van der Waals surface area contributed by atoms with Gasteiger partial charge in [-0.2, -0.15) is 4.98 Å². The van der Waals surface area contributed by atoms with Crippen LogP contribution in [0.25, 0.3) is 0 Å². The summed E-state index contributed by atoms with van der Waals surface area (Å²) in [6.07, 6.45) is 3.30. The fourth-order valence-electron chi connectivity index (χ4n) is 2.58. The van der Waals surface area contributed by atoms with E-state index in [-0.39, 0.29) is 11.8 Å². The van der Waals surface area contributed by atoms with Crippen molar-refractivity contribution in [2.75, 3.05) is 13.1 Å². The number of carbonyl (C=O) groups is 1. The molecule has 1 aliphatic carbocycles. The van der Waals surface area contributed by atoms with Gasteiger partial charge in [-0.15, -0.1) is 0 Å². The second kappa shape index (κ2) is 5.71. The molecule has 0 aromatic carbocycles. The van der Waals surface area contributed by atoms with E-state index in [2.05, 4.69) is 10.1 Å². The summed E-state index contributed by atoms with van der Waals surface area (Å²) >= 11 is 0. The lowest BCUT2D eigenvalue weighted by Gasteiger charge is -2.17. The molecule has 2 atom stereocenters. The summed E-state index contributed by atoms with van der Waals surface area (Å²) in [6, 6.07) is 3.87. The summed E-state index contributed by atoms with van der Waals surface area (Å²) in [4.78, 5) is 17.5. The maximum atomic E-state index is 11.3. The number of hydrogen-bond donors (Lipinski definition) is 0. The highest BCUT2D eigenvalue weighted by Gasteiger charge is 2.45. The first-order valence-electron chi connectivity index (χ1n) is 7.30. The van der Waals surface area contributed by atoms with Crippen molar-refractivity contribution in [2.24, 2.45) is 0 Å². The highest BCUT2D eigenvalue weighted by molar-refractivity contribution is 5.73. The van der Waals surface area contributed by atoms with E-state index in [1.54, 1.807) is 18.1 Å². The average molecular weight is 289 g/mol. The molecule has 0 N–H and O–H groups in total. The highest BCUT2D eigenvalue weighted by atomic mass is 16.5. The van der Waals surface area contributed by atoms with E-state index in [1.807, 2.05) is 19.1 Å². The molecule has 21 heavy (non-hydrogen) atoms. The van der Waals surface area contributed by atoms with Gasteiger partial charge in [0, 0.05) is 38.3 Å². The summed E-state index contributed by atoms with van der Waals surface area (Å²) in [5, 5.41) is 4.00. The molecule has 2 aromatic heterocycles. The largest absolute Gasteiger partial charge is 0.469 e. The first-order valence-corrected chi connectivity index (χ1v) is 7.30. The van der Waals surface area contributed by atoms with Crippen molar-refractivity contribution >= 4 is 5.91 Å². The lowest BCUT2D eigenvalue weighted by Crippen LogP contribution is -2.30. The van der Waals surface area contributed by atoms with Gasteiger partial charge in [0.15, 0.2) is 5.82 Å². The summed E-state index contributed by atoms with van der Waals surface area (Å²) < 4.78 is 10.7.